The molecule has 1 unspecified atom stereocenters. The summed E-state index contributed by atoms with van der Waals surface area (Å²) in [6, 6.07) is 7.49. The lowest BCUT2D eigenvalue weighted by Gasteiger charge is -2.29. The first kappa shape index (κ1) is 15.0. The molecule has 0 radical (unpaired) electrons. The van der Waals surface area contributed by atoms with Crippen LogP contribution in [0.3, 0.4) is 0 Å². The van der Waals surface area contributed by atoms with Gasteiger partial charge in [-0.15, -0.1) is 0 Å². The molecular formula is C16H23NO3. The van der Waals surface area contributed by atoms with E-state index in [1.807, 2.05) is 29.2 Å². The van der Waals surface area contributed by atoms with Gasteiger partial charge in [0.1, 0.15) is 0 Å². The van der Waals surface area contributed by atoms with E-state index in [1.165, 1.54) is 0 Å². The fourth-order valence-electron chi connectivity index (χ4n) is 2.80. The molecule has 1 aromatic carbocycles. The lowest BCUT2D eigenvalue weighted by molar-refractivity contribution is 0.0595. The summed E-state index contributed by atoms with van der Waals surface area (Å²) in [5.74, 6) is 0.0126. The average molecular weight is 277 g/mol. The predicted molar refractivity (Wildman–Crippen MR) is 77.5 cm³/mol. The molecule has 1 aromatic rings. The number of likely N-dealkylation sites (tertiary alicyclic amines) is 1. The minimum absolute atomic E-state index is 0.0126. The first-order chi connectivity index (χ1) is 9.77. The van der Waals surface area contributed by atoms with Gasteiger partial charge in [0, 0.05) is 19.2 Å². The van der Waals surface area contributed by atoms with Gasteiger partial charge in [-0.2, -0.15) is 0 Å². The molecule has 1 saturated heterocycles. The van der Waals surface area contributed by atoms with E-state index < -0.39 is 0 Å². The molecule has 4 heteroatoms. The van der Waals surface area contributed by atoms with Crippen molar-refractivity contribution in [3.05, 3.63) is 35.4 Å². The molecule has 1 fully saturated rings. The SMILES string of the molecule is COCc1ccccc1C(=O)N1CCCCCC1CO. The van der Waals surface area contributed by atoms with Crippen molar-refractivity contribution in [3.63, 3.8) is 0 Å². The minimum atomic E-state index is -0.0550. The van der Waals surface area contributed by atoms with Crippen molar-refractivity contribution in [2.24, 2.45) is 0 Å². The van der Waals surface area contributed by atoms with Crippen molar-refractivity contribution in [1.82, 2.24) is 4.90 Å². The Hall–Kier alpha value is -1.39. The summed E-state index contributed by atoms with van der Waals surface area (Å²) < 4.78 is 5.16. The molecule has 20 heavy (non-hydrogen) atoms. The standard InChI is InChI=1S/C16H23NO3/c1-20-12-13-7-4-5-9-15(13)16(19)17-10-6-2-3-8-14(17)11-18/h4-5,7,9,14,18H,2-3,6,8,10-12H2,1H3. The molecule has 1 N–H and O–H groups in total. The van der Waals surface area contributed by atoms with E-state index in [0.717, 1.165) is 37.8 Å². The number of ether oxygens (including phenoxy) is 1. The fourth-order valence-corrected chi connectivity index (χ4v) is 2.80. The highest BCUT2D eigenvalue weighted by Crippen LogP contribution is 2.21. The van der Waals surface area contributed by atoms with Crippen LogP contribution in [0.15, 0.2) is 24.3 Å². The number of hydrogen-bond acceptors (Lipinski definition) is 3. The molecule has 1 aliphatic heterocycles. The van der Waals surface area contributed by atoms with Crippen LogP contribution in [-0.4, -0.2) is 42.2 Å². The second-order valence-electron chi connectivity index (χ2n) is 5.27. The molecule has 1 amide bonds. The molecule has 2 rings (SSSR count). The van der Waals surface area contributed by atoms with Crippen molar-refractivity contribution in [2.45, 2.75) is 38.3 Å². The van der Waals surface area contributed by atoms with Gasteiger partial charge in [0.15, 0.2) is 0 Å². The van der Waals surface area contributed by atoms with Crippen LogP contribution in [0.5, 0.6) is 0 Å². The van der Waals surface area contributed by atoms with Crippen LogP contribution in [0.4, 0.5) is 0 Å². The Morgan fingerprint density at radius 2 is 2.15 bits per heavy atom. The average Bonchev–Trinajstić information content (AvgIpc) is 2.72. The van der Waals surface area contributed by atoms with Gasteiger partial charge in [0.05, 0.1) is 19.3 Å². The maximum atomic E-state index is 12.8. The highest BCUT2D eigenvalue weighted by Gasteiger charge is 2.26. The summed E-state index contributed by atoms with van der Waals surface area (Å²) in [7, 11) is 1.63. The number of aliphatic hydroxyl groups is 1. The molecule has 0 aliphatic carbocycles. The van der Waals surface area contributed by atoms with Crippen molar-refractivity contribution >= 4 is 5.91 Å². The van der Waals surface area contributed by atoms with E-state index in [0.29, 0.717) is 12.2 Å². The Labute approximate surface area is 120 Å². The molecular weight excluding hydrogens is 254 g/mol. The molecule has 1 atom stereocenters. The maximum absolute atomic E-state index is 12.8. The van der Waals surface area contributed by atoms with E-state index in [4.69, 9.17) is 4.74 Å². The second kappa shape index (κ2) is 7.41. The zero-order valence-corrected chi connectivity index (χ0v) is 12.0. The number of methoxy groups -OCH3 is 1. The van der Waals surface area contributed by atoms with Crippen molar-refractivity contribution in [1.29, 1.82) is 0 Å². The van der Waals surface area contributed by atoms with E-state index >= 15 is 0 Å². The van der Waals surface area contributed by atoms with Gasteiger partial charge in [-0.3, -0.25) is 4.79 Å². The Balaban J connectivity index is 2.24. The molecule has 0 saturated carbocycles. The Morgan fingerprint density at radius 3 is 2.90 bits per heavy atom. The first-order valence-electron chi connectivity index (χ1n) is 7.26. The quantitative estimate of drug-likeness (QED) is 0.918. The largest absolute Gasteiger partial charge is 0.394 e. The van der Waals surface area contributed by atoms with Gasteiger partial charge in [-0.25, -0.2) is 0 Å². The number of benzene rings is 1. The van der Waals surface area contributed by atoms with Crippen LogP contribution in [0.1, 0.15) is 41.6 Å². The van der Waals surface area contributed by atoms with Gasteiger partial charge in [-0.1, -0.05) is 31.0 Å². The van der Waals surface area contributed by atoms with Crippen LogP contribution in [0.2, 0.25) is 0 Å². The molecule has 0 aromatic heterocycles. The normalized spacial score (nSPS) is 19.7. The summed E-state index contributed by atoms with van der Waals surface area (Å²) in [5.41, 5.74) is 1.59. The monoisotopic (exact) mass is 277 g/mol. The van der Waals surface area contributed by atoms with Crippen LogP contribution < -0.4 is 0 Å². The van der Waals surface area contributed by atoms with Gasteiger partial charge >= 0.3 is 0 Å². The number of nitrogens with zero attached hydrogens (tertiary/aromatic N) is 1. The summed E-state index contributed by atoms with van der Waals surface area (Å²) in [6.07, 6.45) is 4.10. The summed E-state index contributed by atoms with van der Waals surface area (Å²) in [5, 5.41) is 9.54. The Bertz CT molecular complexity index is 447. The third-order valence-corrected chi connectivity index (χ3v) is 3.90. The third kappa shape index (κ3) is 3.38. The van der Waals surface area contributed by atoms with E-state index in [9.17, 15) is 9.90 Å². The van der Waals surface area contributed by atoms with Crippen LogP contribution in [-0.2, 0) is 11.3 Å². The van der Waals surface area contributed by atoms with Gasteiger partial charge < -0.3 is 14.7 Å². The lowest BCUT2D eigenvalue weighted by atomic mass is 10.1. The lowest BCUT2D eigenvalue weighted by Crippen LogP contribution is -2.42. The fraction of sp³-hybridized carbons (Fsp3) is 0.562. The van der Waals surface area contributed by atoms with Crippen molar-refractivity contribution < 1.29 is 14.6 Å². The second-order valence-corrected chi connectivity index (χ2v) is 5.27. The topological polar surface area (TPSA) is 49.8 Å². The van der Waals surface area contributed by atoms with E-state index in [1.54, 1.807) is 7.11 Å². The molecule has 1 heterocycles. The number of carbonyl (C=O) groups is 1. The number of hydrogen-bond donors (Lipinski definition) is 1. The zero-order valence-electron chi connectivity index (χ0n) is 12.0. The molecule has 0 bridgehead atoms. The van der Waals surface area contributed by atoms with Crippen LogP contribution >= 0.6 is 0 Å². The highest BCUT2D eigenvalue weighted by molar-refractivity contribution is 5.95. The van der Waals surface area contributed by atoms with Crippen LogP contribution in [0.25, 0.3) is 0 Å². The number of aliphatic hydroxyl groups excluding tert-OH is 1. The first-order valence-corrected chi connectivity index (χ1v) is 7.26. The predicted octanol–water partition coefficient (Wildman–Crippen LogP) is 2.21. The number of rotatable bonds is 4. The maximum Gasteiger partial charge on any atom is 0.254 e. The van der Waals surface area contributed by atoms with Gasteiger partial charge in [0.2, 0.25) is 0 Å². The number of carbonyl (C=O) groups excluding carboxylic acids is 1. The molecule has 110 valence electrons. The van der Waals surface area contributed by atoms with Gasteiger partial charge in [-0.05, 0) is 24.5 Å². The van der Waals surface area contributed by atoms with Gasteiger partial charge in [0.25, 0.3) is 5.91 Å². The zero-order chi connectivity index (χ0) is 14.4. The van der Waals surface area contributed by atoms with Crippen LogP contribution in [0, 0.1) is 0 Å². The van der Waals surface area contributed by atoms with E-state index in [2.05, 4.69) is 0 Å². The molecule has 1 aliphatic rings. The number of amides is 1. The minimum Gasteiger partial charge on any atom is -0.394 e. The van der Waals surface area contributed by atoms with Crippen molar-refractivity contribution in [2.75, 3.05) is 20.3 Å². The van der Waals surface area contributed by atoms with Crippen molar-refractivity contribution in [3.8, 4) is 0 Å². The third-order valence-electron chi connectivity index (χ3n) is 3.90. The smallest absolute Gasteiger partial charge is 0.254 e. The molecule has 0 spiro atoms. The highest BCUT2D eigenvalue weighted by atomic mass is 16.5. The summed E-state index contributed by atoms with van der Waals surface area (Å²) in [6.45, 7) is 1.20. The Morgan fingerprint density at radius 1 is 1.35 bits per heavy atom. The molecule has 4 nitrogen and oxygen atoms in total. The Kier molecular flexibility index (Phi) is 5.56. The van der Waals surface area contributed by atoms with E-state index in [-0.39, 0.29) is 18.6 Å². The summed E-state index contributed by atoms with van der Waals surface area (Å²) in [4.78, 5) is 14.6. The summed E-state index contributed by atoms with van der Waals surface area (Å²) >= 11 is 0.